The number of allylic oxidation sites excluding steroid dienone is 2. The van der Waals surface area contributed by atoms with Crippen LogP contribution in [0.1, 0.15) is 27.0 Å². The Hall–Kier alpha value is -3.42. The molecule has 0 N–H and O–H groups in total. The second-order valence-corrected chi connectivity index (χ2v) is 7.48. The highest BCUT2D eigenvalue weighted by Crippen LogP contribution is 2.36. The highest BCUT2D eigenvalue weighted by Gasteiger charge is 2.32. The first-order chi connectivity index (χ1) is 14.7. The number of likely N-dealkylation sites (N-methyl/N-ethyl adjacent to an activating group) is 1. The summed E-state index contributed by atoms with van der Waals surface area (Å²) >= 11 is 0. The van der Waals surface area contributed by atoms with E-state index in [1.165, 1.54) is 31.4 Å². The molecule has 0 saturated carbocycles. The maximum absolute atomic E-state index is 13.0. The van der Waals surface area contributed by atoms with Crippen molar-refractivity contribution in [2.75, 3.05) is 20.7 Å². The molecule has 31 heavy (non-hydrogen) atoms. The molecule has 2 aromatic carbocycles. The highest BCUT2D eigenvalue weighted by molar-refractivity contribution is 6.01. The van der Waals surface area contributed by atoms with Gasteiger partial charge in [0.25, 0.3) is 5.91 Å². The van der Waals surface area contributed by atoms with Gasteiger partial charge in [-0.25, -0.2) is 0 Å². The van der Waals surface area contributed by atoms with Gasteiger partial charge in [-0.05, 0) is 58.8 Å². The standard InChI is InChI=1S/C23H21F3N2O3/c1-27-9-7-16(8-10-27)17-11-18-14-28(22(29)21(18)20(12-17)30-2)13-15-3-5-19(6-4-15)31-23(24,25)26/h3-9,11-12H,10,13-14H2,1-2H3. The van der Waals surface area contributed by atoms with E-state index in [1.807, 2.05) is 31.5 Å². The lowest BCUT2D eigenvalue weighted by atomic mass is 9.98. The molecule has 0 spiro atoms. The first kappa shape index (κ1) is 20.8. The number of benzene rings is 2. The predicted octanol–water partition coefficient (Wildman–Crippen LogP) is 4.59. The number of fused-ring (bicyclic) bond motifs is 1. The molecule has 0 aromatic heterocycles. The minimum Gasteiger partial charge on any atom is -0.496 e. The lowest BCUT2D eigenvalue weighted by molar-refractivity contribution is -0.274. The molecule has 2 aliphatic rings. The summed E-state index contributed by atoms with van der Waals surface area (Å²) in [6, 6.07) is 9.40. The Bertz CT molecular complexity index is 1060. The minimum atomic E-state index is -4.74. The monoisotopic (exact) mass is 430 g/mol. The number of ether oxygens (including phenoxy) is 2. The quantitative estimate of drug-likeness (QED) is 0.696. The van der Waals surface area contributed by atoms with Gasteiger partial charge in [0.15, 0.2) is 0 Å². The van der Waals surface area contributed by atoms with Crippen LogP contribution in [0.25, 0.3) is 5.57 Å². The molecule has 0 bridgehead atoms. The molecular weight excluding hydrogens is 409 g/mol. The minimum absolute atomic E-state index is 0.165. The van der Waals surface area contributed by atoms with Crippen molar-refractivity contribution >= 4 is 11.5 Å². The van der Waals surface area contributed by atoms with E-state index >= 15 is 0 Å². The molecule has 8 heteroatoms. The van der Waals surface area contributed by atoms with Crippen molar-refractivity contribution in [3.8, 4) is 11.5 Å². The third kappa shape index (κ3) is 4.52. The summed E-state index contributed by atoms with van der Waals surface area (Å²) in [5.41, 5.74) is 4.13. The van der Waals surface area contributed by atoms with E-state index in [9.17, 15) is 18.0 Å². The summed E-state index contributed by atoms with van der Waals surface area (Å²) < 4.78 is 46.4. The van der Waals surface area contributed by atoms with Gasteiger partial charge in [-0.1, -0.05) is 18.2 Å². The van der Waals surface area contributed by atoms with Gasteiger partial charge in [0.05, 0.1) is 12.7 Å². The molecule has 0 radical (unpaired) electrons. The zero-order chi connectivity index (χ0) is 22.2. The van der Waals surface area contributed by atoms with Crippen LogP contribution in [0.4, 0.5) is 13.2 Å². The van der Waals surface area contributed by atoms with Gasteiger partial charge in [-0.2, -0.15) is 0 Å². The Morgan fingerprint density at radius 2 is 1.87 bits per heavy atom. The van der Waals surface area contributed by atoms with E-state index in [2.05, 4.69) is 15.7 Å². The third-order valence-corrected chi connectivity index (χ3v) is 5.24. The van der Waals surface area contributed by atoms with Gasteiger partial charge < -0.3 is 19.3 Å². The highest BCUT2D eigenvalue weighted by atomic mass is 19.4. The van der Waals surface area contributed by atoms with Crippen molar-refractivity contribution in [2.45, 2.75) is 19.5 Å². The lowest BCUT2D eigenvalue weighted by Crippen LogP contribution is -2.23. The van der Waals surface area contributed by atoms with Crippen molar-refractivity contribution in [1.29, 1.82) is 0 Å². The molecule has 2 aliphatic heterocycles. The SMILES string of the molecule is COc1cc(C2=CCN(C)C=C2)cc2c1C(=O)N(Cc1ccc(OC(F)(F)F)cc1)C2. The summed E-state index contributed by atoms with van der Waals surface area (Å²) in [7, 11) is 3.53. The fraction of sp³-hybridized carbons (Fsp3) is 0.261. The number of carbonyl (C=O) groups excluding carboxylic acids is 1. The van der Waals surface area contributed by atoms with Crippen LogP contribution in [-0.2, 0) is 13.1 Å². The van der Waals surface area contributed by atoms with E-state index < -0.39 is 6.36 Å². The summed E-state index contributed by atoms with van der Waals surface area (Å²) in [4.78, 5) is 16.7. The molecule has 4 rings (SSSR count). The average Bonchev–Trinajstić information content (AvgIpc) is 3.03. The van der Waals surface area contributed by atoms with Crippen LogP contribution in [0.15, 0.2) is 54.8 Å². The van der Waals surface area contributed by atoms with Crippen LogP contribution >= 0.6 is 0 Å². The molecule has 162 valence electrons. The maximum atomic E-state index is 13.0. The number of methoxy groups -OCH3 is 1. The smallest absolute Gasteiger partial charge is 0.496 e. The topological polar surface area (TPSA) is 42.0 Å². The van der Waals surface area contributed by atoms with Gasteiger partial charge >= 0.3 is 6.36 Å². The van der Waals surface area contributed by atoms with Crippen molar-refractivity contribution in [3.05, 3.63) is 77.0 Å². The van der Waals surface area contributed by atoms with Crippen LogP contribution in [0.2, 0.25) is 0 Å². The Morgan fingerprint density at radius 1 is 1.13 bits per heavy atom. The first-order valence-electron chi connectivity index (χ1n) is 9.67. The molecule has 0 fully saturated rings. The maximum Gasteiger partial charge on any atom is 0.573 e. The number of nitrogens with zero attached hydrogens (tertiary/aromatic N) is 2. The average molecular weight is 430 g/mol. The molecule has 0 atom stereocenters. The number of rotatable bonds is 5. The van der Waals surface area contributed by atoms with Crippen LogP contribution in [0, 0.1) is 0 Å². The molecule has 0 aliphatic carbocycles. The Kier molecular flexibility index (Phi) is 5.39. The molecule has 2 aromatic rings. The van der Waals surface area contributed by atoms with Crippen molar-refractivity contribution in [3.63, 3.8) is 0 Å². The van der Waals surface area contributed by atoms with Crippen molar-refractivity contribution < 1.29 is 27.4 Å². The first-order valence-corrected chi connectivity index (χ1v) is 9.67. The number of amides is 1. The van der Waals surface area contributed by atoms with Gasteiger partial charge in [0, 0.05) is 26.7 Å². The van der Waals surface area contributed by atoms with Gasteiger partial charge in [-0.15, -0.1) is 13.2 Å². The second kappa shape index (κ2) is 8.02. The molecule has 1 amide bonds. The van der Waals surface area contributed by atoms with E-state index in [0.717, 1.165) is 23.2 Å². The fourth-order valence-corrected chi connectivity index (χ4v) is 3.74. The largest absolute Gasteiger partial charge is 0.573 e. The summed E-state index contributed by atoms with van der Waals surface area (Å²) in [5, 5.41) is 0. The molecule has 2 heterocycles. The van der Waals surface area contributed by atoms with Crippen LogP contribution < -0.4 is 9.47 Å². The van der Waals surface area contributed by atoms with E-state index in [-0.39, 0.29) is 18.2 Å². The zero-order valence-corrected chi connectivity index (χ0v) is 17.1. The van der Waals surface area contributed by atoms with Crippen LogP contribution in [0.5, 0.6) is 11.5 Å². The van der Waals surface area contributed by atoms with Crippen LogP contribution in [0.3, 0.4) is 0 Å². The van der Waals surface area contributed by atoms with Gasteiger partial charge in [0.1, 0.15) is 11.5 Å². The third-order valence-electron chi connectivity index (χ3n) is 5.24. The second-order valence-electron chi connectivity index (χ2n) is 7.48. The summed E-state index contributed by atoms with van der Waals surface area (Å²) in [6.07, 6.45) is 1.39. The fourth-order valence-electron chi connectivity index (χ4n) is 3.74. The van der Waals surface area contributed by atoms with E-state index in [1.54, 1.807) is 4.90 Å². The Labute approximate surface area is 178 Å². The van der Waals surface area contributed by atoms with Gasteiger partial charge in [-0.3, -0.25) is 4.79 Å². The predicted molar refractivity (Wildman–Crippen MR) is 109 cm³/mol. The number of hydrogen-bond acceptors (Lipinski definition) is 4. The van der Waals surface area contributed by atoms with E-state index in [0.29, 0.717) is 23.4 Å². The molecular formula is C23H21F3N2O3. The molecule has 5 nitrogen and oxygen atoms in total. The number of hydrogen-bond donors (Lipinski definition) is 0. The van der Waals surface area contributed by atoms with E-state index in [4.69, 9.17) is 4.74 Å². The molecule has 0 unspecified atom stereocenters. The van der Waals surface area contributed by atoms with Crippen molar-refractivity contribution in [2.24, 2.45) is 0 Å². The normalized spacial score (nSPS) is 15.8. The van der Waals surface area contributed by atoms with Crippen LogP contribution in [-0.4, -0.2) is 42.8 Å². The molecule has 0 saturated heterocycles. The summed E-state index contributed by atoms with van der Waals surface area (Å²) in [6.45, 7) is 1.46. The van der Waals surface area contributed by atoms with Crippen molar-refractivity contribution in [1.82, 2.24) is 9.80 Å². The Balaban J connectivity index is 1.54. The zero-order valence-electron chi connectivity index (χ0n) is 17.1. The lowest BCUT2D eigenvalue weighted by Gasteiger charge is -2.18. The Morgan fingerprint density at radius 3 is 2.48 bits per heavy atom. The number of halogens is 3. The van der Waals surface area contributed by atoms with Gasteiger partial charge in [0.2, 0.25) is 0 Å². The number of alkyl halides is 3. The number of carbonyl (C=O) groups is 1. The summed E-state index contributed by atoms with van der Waals surface area (Å²) in [5.74, 6) is 0.0575.